The predicted octanol–water partition coefficient (Wildman–Crippen LogP) is 4.54. The first kappa shape index (κ1) is 31.7. The zero-order valence-electron chi connectivity index (χ0n) is 21.0. The van der Waals surface area contributed by atoms with Gasteiger partial charge in [-0.05, 0) is 42.3 Å². The molecule has 0 bridgehead atoms. The van der Waals surface area contributed by atoms with Gasteiger partial charge in [0.2, 0.25) is 0 Å². The molecule has 41 heavy (non-hydrogen) atoms. The molecule has 3 N–H and O–H groups in total. The largest absolute Gasteiger partial charge is 0.449 e. The zero-order chi connectivity index (χ0) is 30.5. The highest BCUT2D eigenvalue weighted by molar-refractivity contribution is 6.30. The molecule has 3 aromatic rings. The SMILES string of the molecule is NC(=O)OCC(CCC(=O)Cn1nc(-c2ccc(Cl)cc2)n(C[C@H](O)C(F)(F)F)c1=O)c1cccc(C(F)(F)F)c1. The lowest BCUT2D eigenvalue weighted by atomic mass is 9.92. The second-order valence-electron chi connectivity index (χ2n) is 8.97. The number of nitrogens with two attached hydrogens (primary N) is 1. The molecule has 3 rings (SSSR count). The van der Waals surface area contributed by atoms with E-state index in [1.807, 2.05) is 0 Å². The molecule has 0 aliphatic heterocycles. The van der Waals surface area contributed by atoms with Gasteiger partial charge in [-0.2, -0.15) is 26.3 Å². The molecule has 0 spiro atoms. The predicted molar refractivity (Wildman–Crippen MR) is 133 cm³/mol. The van der Waals surface area contributed by atoms with Crippen LogP contribution in [-0.4, -0.2) is 50.2 Å². The Morgan fingerprint density at radius 2 is 1.73 bits per heavy atom. The Balaban J connectivity index is 1.84. The normalized spacial score (nSPS) is 13.6. The number of benzene rings is 2. The van der Waals surface area contributed by atoms with Gasteiger partial charge in [0, 0.05) is 22.9 Å². The van der Waals surface area contributed by atoms with Crippen LogP contribution in [0, 0.1) is 0 Å². The topological polar surface area (TPSA) is 129 Å². The summed E-state index contributed by atoms with van der Waals surface area (Å²) in [6, 6.07) is 9.75. The van der Waals surface area contributed by atoms with Crippen LogP contribution in [0.2, 0.25) is 5.02 Å². The lowest BCUT2D eigenvalue weighted by Gasteiger charge is -2.18. The quantitative estimate of drug-likeness (QED) is 0.308. The number of ketones is 1. The molecule has 9 nitrogen and oxygen atoms in total. The van der Waals surface area contributed by atoms with Crippen molar-refractivity contribution < 1.29 is 45.8 Å². The lowest BCUT2D eigenvalue weighted by Crippen LogP contribution is -2.37. The number of amides is 1. The van der Waals surface area contributed by atoms with Gasteiger partial charge in [0.15, 0.2) is 17.7 Å². The van der Waals surface area contributed by atoms with Gasteiger partial charge in [-0.15, -0.1) is 5.10 Å². The van der Waals surface area contributed by atoms with Crippen LogP contribution in [0.1, 0.15) is 29.9 Å². The summed E-state index contributed by atoms with van der Waals surface area (Å²) in [7, 11) is 0. The van der Waals surface area contributed by atoms with E-state index in [-0.39, 0.29) is 29.8 Å². The Labute approximate surface area is 233 Å². The molecule has 0 fully saturated rings. The highest BCUT2D eigenvalue weighted by atomic mass is 35.5. The summed E-state index contributed by atoms with van der Waals surface area (Å²) in [6.07, 6.45) is -14.2. The molecular weight excluding hydrogens is 586 g/mol. The van der Waals surface area contributed by atoms with Crippen LogP contribution in [0.15, 0.2) is 53.3 Å². The van der Waals surface area contributed by atoms with Crippen LogP contribution in [0.4, 0.5) is 31.1 Å². The smallest absolute Gasteiger partial charge is 0.416 e. The van der Waals surface area contributed by atoms with Crippen LogP contribution < -0.4 is 11.4 Å². The number of ether oxygens (including phenoxy) is 1. The summed E-state index contributed by atoms with van der Waals surface area (Å²) in [5, 5.41) is 13.8. The third kappa shape index (κ3) is 8.57. The number of aliphatic hydroxyl groups excluding tert-OH is 1. The summed E-state index contributed by atoms with van der Waals surface area (Å²) in [6.45, 7) is -2.33. The first-order chi connectivity index (χ1) is 19.1. The van der Waals surface area contributed by atoms with Crippen LogP contribution in [-0.2, 0) is 28.8 Å². The molecular formula is C25H23ClF6N4O5. The average Bonchev–Trinajstić information content (AvgIpc) is 3.18. The van der Waals surface area contributed by atoms with Crippen molar-refractivity contribution in [3.05, 3.63) is 75.2 Å². The molecule has 222 valence electrons. The Hall–Kier alpha value is -3.85. The minimum atomic E-state index is -5.04. The number of hydrogen-bond acceptors (Lipinski definition) is 6. The van der Waals surface area contributed by atoms with Gasteiger partial charge in [0.05, 0.1) is 12.1 Å². The first-order valence-electron chi connectivity index (χ1n) is 11.9. The monoisotopic (exact) mass is 608 g/mol. The number of carbonyl (C=O) groups excluding carboxylic acids is 2. The number of alkyl halides is 6. The highest BCUT2D eigenvalue weighted by Gasteiger charge is 2.39. The maximum atomic E-state index is 13.2. The maximum Gasteiger partial charge on any atom is 0.416 e. The van der Waals surface area contributed by atoms with E-state index in [0.29, 0.717) is 14.3 Å². The molecule has 0 aliphatic carbocycles. The molecule has 1 unspecified atom stereocenters. The molecule has 1 amide bonds. The van der Waals surface area contributed by atoms with E-state index < -0.39 is 67.2 Å². The highest BCUT2D eigenvalue weighted by Crippen LogP contribution is 2.32. The molecule has 0 saturated heterocycles. The van der Waals surface area contributed by atoms with Gasteiger partial charge >= 0.3 is 24.1 Å². The van der Waals surface area contributed by atoms with Crippen molar-refractivity contribution in [3.8, 4) is 11.4 Å². The van der Waals surface area contributed by atoms with Crippen molar-refractivity contribution in [1.82, 2.24) is 14.3 Å². The molecule has 1 aromatic heterocycles. The van der Waals surface area contributed by atoms with E-state index in [4.69, 9.17) is 22.1 Å². The fraction of sp³-hybridized carbons (Fsp3) is 0.360. The minimum Gasteiger partial charge on any atom is -0.449 e. The van der Waals surface area contributed by atoms with Gasteiger partial charge in [-0.3, -0.25) is 9.36 Å². The van der Waals surface area contributed by atoms with Crippen LogP contribution in [0.3, 0.4) is 0 Å². The number of primary amides is 1. The fourth-order valence-electron chi connectivity index (χ4n) is 3.88. The Bertz CT molecular complexity index is 1440. The van der Waals surface area contributed by atoms with E-state index in [9.17, 15) is 45.8 Å². The van der Waals surface area contributed by atoms with E-state index in [1.165, 1.54) is 30.3 Å². The number of Topliss-reactive ketones (excluding diaryl/α,β-unsaturated/α-hetero) is 1. The van der Waals surface area contributed by atoms with Crippen molar-refractivity contribution in [3.63, 3.8) is 0 Å². The third-order valence-corrected chi connectivity index (χ3v) is 6.22. The number of aromatic nitrogens is 3. The minimum absolute atomic E-state index is 0.112. The van der Waals surface area contributed by atoms with Crippen LogP contribution in [0.5, 0.6) is 0 Å². The zero-order valence-corrected chi connectivity index (χ0v) is 21.7. The van der Waals surface area contributed by atoms with Crippen molar-refractivity contribution in [2.75, 3.05) is 6.61 Å². The van der Waals surface area contributed by atoms with E-state index in [0.717, 1.165) is 18.2 Å². The van der Waals surface area contributed by atoms with Gasteiger partial charge < -0.3 is 15.6 Å². The Morgan fingerprint density at radius 1 is 1.07 bits per heavy atom. The van der Waals surface area contributed by atoms with Gasteiger partial charge in [-0.25, -0.2) is 14.3 Å². The summed E-state index contributed by atoms with van der Waals surface area (Å²) in [5.74, 6) is -1.79. The summed E-state index contributed by atoms with van der Waals surface area (Å²) < 4.78 is 84.5. The van der Waals surface area contributed by atoms with Crippen molar-refractivity contribution >= 4 is 23.5 Å². The van der Waals surface area contributed by atoms with Crippen molar-refractivity contribution in [1.29, 1.82) is 0 Å². The number of carbonyl (C=O) groups is 2. The molecule has 0 saturated carbocycles. The van der Waals surface area contributed by atoms with Crippen LogP contribution in [0.25, 0.3) is 11.4 Å². The van der Waals surface area contributed by atoms with E-state index in [2.05, 4.69) is 5.10 Å². The van der Waals surface area contributed by atoms with E-state index >= 15 is 0 Å². The number of hydrogen-bond donors (Lipinski definition) is 2. The number of rotatable bonds is 11. The average molecular weight is 609 g/mol. The number of nitrogens with zero attached hydrogens (tertiary/aromatic N) is 3. The van der Waals surface area contributed by atoms with Crippen LogP contribution >= 0.6 is 11.6 Å². The fourth-order valence-corrected chi connectivity index (χ4v) is 4.00. The second-order valence-corrected chi connectivity index (χ2v) is 9.40. The summed E-state index contributed by atoms with van der Waals surface area (Å²) in [5.41, 5.74) is 3.19. The van der Waals surface area contributed by atoms with Crippen molar-refractivity contribution in [2.45, 2.75) is 50.3 Å². The Morgan fingerprint density at radius 3 is 2.32 bits per heavy atom. The summed E-state index contributed by atoms with van der Waals surface area (Å²) in [4.78, 5) is 36.8. The van der Waals surface area contributed by atoms with Crippen molar-refractivity contribution in [2.24, 2.45) is 5.73 Å². The third-order valence-electron chi connectivity index (χ3n) is 5.97. The molecule has 2 aromatic carbocycles. The standard InChI is InChI=1S/C25H23ClF6N4O5/c26-18-7-4-14(5-8-18)21-34-36(23(40)35(21)12-20(38)25(30,31)32)11-19(37)9-6-16(13-41-22(33)39)15-2-1-3-17(10-15)24(27,28)29/h1-5,7-8,10,16,20,38H,6,9,11-13H2,(H2,33,39)/t16?,20-/m0/s1. The molecule has 1 heterocycles. The molecule has 16 heteroatoms. The van der Waals surface area contributed by atoms with Gasteiger partial charge in [0.25, 0.3) is 0 Å². The second kappa shape index (κ2) is 12.8. The number of aliphatic hydroxyl groups is 1. The lowest BCUT2D eigenvalue weighted by molar-refractivity contribution is -0.207. The van der Waals surface area contributed by atoms with Gasteiger partial charge in [0.1, 0.15) is 13.2 Å². The maximum absolute atomic E-state index is 13.2. The Kier molecular flexibility index (Phi) is 9.86. The first-order valence-corrected chi connectivity index (χ1v) is 12.2. The summed E-state index contributed by atoms with van der Waals surface area (Å²) >= 11 is 5.85. The van der Waals surface area contributed by atoms with Gasteiger partial charge in [-0.1, -0.05) is 29.8 Å². The molecule has 2 atom stereocenters. The molecule has 0 aliphatic rings. The number of halogens is 7. The molecule has 0 radical (unpaired) electrons. The van der Waals surface area contributed by atoms with E-state index in [1.54, 1.807) is 0 Å².